The molecule has 5 aliphatic rings. The molecule has 1 aliphatic heterocycles. The molecule has 3 saturated carbocycles. The van der Waals surface area contributed by atoms with E-state index in [1.807, 2.05) is 6.08 Å². The smallest absolute Gasteiger partial charge is 0.183 e. The number of aliphatic imine (C=N–C) groups is 1. The van der Waals surface area contributed by atoms with E-state index in [4.69, 9.17) is 9.73 Å². The van der Waals surface area contributed by atoms with Gasteiger partial charge in [0, 0.05) is 25.2 Å². The fraction of sp³-hybridized carbons (Fsp3) is 0.857. The minimum Gasteiger partial charge on any atom is -0.513 e. The maximum Gasteiger partial charge on any atom is 0.183 e. The molecule has 0 aromatic carbocycles. The minimum atomic E-state index is -0.0755. The predicted octanol–water partition coefficient (Wildman–Crippen LogP) is 6.50. The summed E-state index contributed by atoms with van der Waals surface area (Å²) < 4.78 is 5.84. The number of ether oxygens (including phenoxy) is 1. The van der Waals surface area contributed by atoms with Gasteiger partial charge in [0.05, 0.1) is 11.3 Å². The van der Waals surface area contributed by atoms with Gasteiger partial charge in [0.15, 0.2) is 5.90 Å². The summed E-state index contributed by atoms with van der Waals surface area (Å²) in [7, 11) is 0. The Balaban J connectivity index is 1.32. The molecular formula is C28H43NO3. The van der Waals surface area contributed by atoms with Crippen LogP contribution in [0.25, 0.3) is 0 Å². The van der Waals surface area contributed by atoms with Crippen molar-refractivity contribution in [2.24, 2.45) is 51.3 Å². The second-order valence-electron chi connectivity index (χ2n) is 13.1. The quantitative estimate of drug-likeness (QED) is 0.542. The zero-order valence-corrected chi connectivity index (χ0v) is 20.8. The molecule has 32 heavy (non-hydrogen) atoms. The normalized spacial score (nSPS) is 45.8. The van der Waals surface area contributed by atoms with E-state index in [0.29, 0.717) is 47.7 Å². The van der Waals surface area contributed by atoms with Crippen LogP contribution in [0.4, 0.5) is 0 Å². The van der Waals surface area contributed by atoms with Crippen LogP contribution >= 0.6 is 0 Å². The molecule has 0 radical (unpaired) electrons. The van der Waals surface area contributed by atoms with E-state index < -0.39 is 0 Å². The van der Waals surface area contributed by atoms with Gasteiger partial charge in [0.2, 0.25) is 0 Å². The van der Waals surface area contributed by atoms with Crippen LogP contribution in [0.5, 0.6) is 0 Å². The van der Waals surface area contributed by atoms with Crippen molar-refractivity contribution < 1.29 is 14.6 Å². The van der Waals surface area contributed by atoms with E-state index in [0.717, 1.165) is 38.0 Å². The van der Waals surface area contributed by atoms with Gasteiger partial charge in [-0.05, 0) is 98.9 Å². The van der Waals surface area contributed by atoms with Crippen LogP contribution in [0.15, 0.2) is 16.8 Å². The number of fused-ring (bicyclic) bond motifs is 5. The predicted molar refractivity (Wildman–Crippen MR) is 128 cm³/mol. The molecule has 0 amide bonds. The van der Waals surface area contributed by atoms with Crippen molar-refractivity contribution in [2.75, 3.05) is 6.61 Å². The highest BCUT2D eigenvalue weighted by atomic mass is 16.5. The number of Topliss-reactive ketones (excluding diaryl/α,β-unsaturated/α-hetero) is 1. The molecule has 3 fully saturated rings. The molecule has 1 heterocycles. The molecule has 0 aromatic heterocycles. The van der Waals surface area contributed by atoms with Crippen LogP contribution in [0, 0.1) is 46.3 Å². The summed E-state index contributed by atoms with van der Waals surface area (Å²) in [5, 5.41) is 10.1. The first kappa shape index (κ1) is 22.5. The number of aliphatic hydroxyl groups excluding tert-OH is 1. The summed E-state index contributed by atoms with van der Waals surface area (Å²) in [6, 6.07) is 0. The summed E-state index contributed by atoms with van der Waals surface area (Å²) in [4.78, 5) is 18.6. The molecule has 0 unspecified atom stereocenters. The summed E-state index contributed by atoms with van der Waals surface area (Å²) in [5.74, 6) is 5.09. The first-order chi connectivity index (χ1) is 15.0. The SMILES string of the molecule is C[C@H](CCC1=NC(C)(C)CO1)[C@H]1CC[C@H]2[C@@H]3CC[C@@H]4CC(O)=CC[C@]4(C)[C@H]3C(=O)C[C@]12C. The van der Waals surface area contributed by atoms with Crippen LogP contribution in [0.2, 0.25) is 0 Å². The Morgan fingerprint density at radius 3 is 2.66 bits per heavy atom. The lowest BCUT2D eigenvalue weighted by Crippen LogP contribution is -2.56. The maximum atomic E-state index is 13.8. The fourth-order valence-electron chi connectivity index (χ4n) is 9.00. The number of ketones is 1. The van der Waals surface area contributed by atoms with E-state index in [9.17, 15) is 9.90 Å². The van der Waals surface area contributed by atoms with Crippen molar-refractivity contribution in [1.29, 1.82) is 0 Å². The van der Waals surface area contributed by atoms with Crippen LogP contribution in [0.1, 0.15) is 92.4 Å². The maximum absolute atomic E-state index is 13.8. The number of carbonyl (C=O) groups excluding carboxylic acids is 1. The van der Waals surface area contributed by atoms with Crippen LogP contribution in [-0.2, 0) is 9.53 Å². The zero-order valence-electron chi connectivity index (χ0n) is 20.8. The lowest BCUT2D eigenvalue weighted by Gasteiger charge is -2.59. The average Bonchev–Trinajstić information content (AvgIpc) is 3.24. The van der Waals surface area contributed by atoms with E-state index in [1.54, 1.807) is 0 Å². The highest BCUT2D eigenvalue weighted by Crippen LogP contribution is 2.67. The van der Waals surface area contributed by atoms with Gasteiger partial charge in [0.25, 0.3) is 0 Å². The van der Waals surface area contributed by atoms with Crippen molar-refractivity contribution >= 4 is 11.7 Å². The highest BCUT2D eigenvalue weighted by molar-refractivity contribution is 5.84. The second-order valence-corrected chi connectivity index (χ2v) is 13.1. The van der Waals surface area contributed by atoms with Gasteiger partial charge in [-0.3, -0.25) is 4.79 Å². The number of rotatable bonds is 4. The number of hydrogen-bond acceptors (Lipinski definition) is 4. The number of carbonyl (C=O) groups is 1. The Hall–Kier alpha value is -1.32. The van der Waals surface area contributed by atoms with Crippen LogP contribution < -0.4 is 0 Å². The lowest BCUT2D eigenvalue weighted by molar-refractivity contribution is -0.155. The Morgan fingerprint density at radius 2 is 1.94 bits per heavy atom. The first-order valence-electron chi connectivity index (χ1n) is 13.2. The molecule has 1 N–H and O–H groups in total. The van der Waals surface area contributed by atoms with Gasteiger partial charge < -0.3 is 9.84 Å². The Bertz CT molecular complexity index is 844. The van der Waals surface area contributed by atoms with E-state index in [2.05, 4.69) is 34.6 Å². The molecule has 8 atom stereocenters. The van der Waals surface area contributed by atoms with Crippen molar-refractivity contribution in [3.63, 3.8) is 0 Å². The second kappa shape index (κ2) is 7.60. The monoisotopic (exact) mass is 441 g/mol. The first-order valence-corrected chi connectivity index (χ1v) is 13.2. The van der Waals surface area contributed by atoms with Gasteiger partial charge in [-0.25, -0.2) is 4.99 Å². The molecule has 0 bridgehead atoms. The molecule has 4 aliphatic carbocycles. The third kappa shape index (κ3) is 3.46. The summed E-state index contributed by atoms with van der Waals surface area (Å²) in [6.45, 7) is 12.2. The van der Waals surface area contributed by atoms with E-state index >= 15 is 0 Å². The standard InChI is InChI=1S/C28H43NO3/c1-17(6-11-24-29-26(2,3)16-32-24)21-9-10-22-20-8-7-18-14-19(30)12-13-27(18,4)25(20)23(31)15-28(21,22)5/h12,17-18,20-22,25,30H,6-11,13-16H2,1-5H3/t17-,18-,20+,21-,22+,25-,27+,28-/m1/s1. The van der Waals surface area contributed by atoms with E-state index in [1.165, 1.54) is 25.7 Å². The lowest BCUT2D eigenvalue weighted by atomic mass is 9.44. The Morgan fingerprint density at radius 1 is 1.16 bits per heavy atom. The van der Waals surface area contributed by atoms with Crippen molar-refractivity contribution in [3.05, 3.63) is 11.8 Å². The molecule has 4 nitrogen and oxygen atoms in total. The van der Waals surface area contributed by atoms with E-state index in [-0.39, 0.29) is 22.3 Å². The summed E-state index contributed by atoms with van der Waals surface area (Å²) in [5.41, 5.74) is 0.112. The largest absolute Gasteiger partial charge is 0.513 e. The zero-order chi connectivity index (χ0) is 22.9. The molecule has 0 spiro atoms. The number of nitrogens with zero attached hydrogens (tertiary/aromatic N) is 1. The molecule has 0 aromatic rings. The van der Waals surface area contributed by atoms with Crippen molar-refractivity contribution in [2.45, 2.75) is 97.9 Å². The molecular weight excluding hydrogens is 398 g/mol. The third-order valence-corrected chi connectivity index (χ3v) is 10.6. The van der Waals surface area contributed by atoms with Gasteiger partial charge in [-0.2, -0.15) is 0 Å². The molecule has 5 rings (SSSR count). The summed E-state index contributed by atoms with van der Waals surface area (Å²) >= 11 is 0. The molecule has 4 heteroatoms. The number of allylic oxidation sites excluding steroid dienone is 2. The van der Waals surface area contributed by atoms with Gasteiger partial charge in [0.1, 0.15) is 12.4 Å². The fourth-order valence-corrected chi connectivity index (χ4v) is 9.00. The average molecular weight is 442 g/mol. The van der Waals surface area contributed by atoms with Gasteiger partial charge >= 0.3 is 0 Å². The van der Waals surface area contributed by atoms with Crippen LogP contribution in [-0.4, -0.2) is 28.9 Å². The minimum absolute atomic E-state index is 0.0437. The van der Waals surface area contributed by atoms with Gasteiger partial charge in [-0.1, -0.05) is 20.8 Å². The number of aliphatic hydroxyl groups is 1. The van der Waals surface area contributed by atoms with Gasteiger partial charge in [-0.15, -0.1) is 0 Å². The Labute approximate surface area is 194 Å². The molecule has 0 saturated heterocycles. The van der Waals surface area contributed by atoms with Crippen molar-refractivity contribution in [3.8, 4) is 0 Å². The highest BCUT2D eigenvalue weighted by Gasteiger charge is 2.63. The van der Waals surface area contributed by atoms with Crippen molar-refractivity contribution in [1.82, 2.24) is 0 Å². The third-order valence-electron chi connectivity index (χ3n) is 10.6. The van der Waals surface area contributed by atoms with Crippen LogP contribution in [0.3, 0.4) is 0 Å². The topological polar surface area (TPSA) is 58.9 Å². The Kier molecular flexibility index (Phi) is 5.34. The number of hydrogen-bond donors (Lipinski definition) is 1. The summed E-state index contributed by atoms with van der Waals surface area (Å²) in [6.07, 6.45) is 11.3. The molecule has 178 valence electrons.